The van der Waals surface area contributed by atoms with Crippen molar-refractivity contribution in [3.05, 3.63) is 77.5 Å². The van der Waals surface area contributed by atoms with Crippen LogP contribution >= 0.6 is 0 Å². The van der Waals surface area contributed by atoms with Crippen LogP contribution in [0, 0.1) is 13.8 Å². The minimum Gasteiger partial charge on any atom is -0.497 e. The number of benzene rings is 2. The highest BCUT2D eigenvalue weighted by molar-refractivity contribution is 5.93. The molecule has 0 unspecified atom stereocenters. The molecule has 32 heavy (non-hydrogen) atoms. The van der Waals surface area contributed by atoms with Crippen LogP contribution in [0.3, 0.4) is 0 Å². The predicted molar refractivity (Wildman–Crippen MR) is 127 cm³/mol. The second kappa shape index (κ2) is 9.18. The Balaban J connectivity index is 2.01. The van der Waals surface area contributed by atoms with Gasteiger partial charge in [0.25, 0.3) is 0 Å². The van der Waals surface area contributed by atoms with Gasteiger partial charge in [-0.15, -0.1) is 0 Å². The molecule has 4 aromatic rings. The number of furan rings is 1. The van der Waals surface area contributed by atoms with Crippen LogP contribution in [0.1, 0.15) is 18.4 Å². The molecule has 0 aliphatic rings. The van der Waals surface area contributed by atoms with Crippen molar-refractivity contribution in [2.75, 3.05) is 20.8 Å². The second-order valence-corrected chi connectivity index (χ2v) is 7.43. The zero-order chi connectivity index (χ0) is 22.7. The molecule has 0 atom stereocenters. The molecule has 1 aromatic heterocycles. The Morgan fingerprint density at radius 2 is 1.41 bits per heavy atom. The van der Waals surface area contributed by atoms with Gasteiger partial charge in [0.2, 0.25) is 0 Å². The largest absolute Gasteiger partial charge is 0.497 e. The zero-order valence-corrected chi connectivity index (χ0v) is 19.1. The standard InChI is InChI=1S/C27H27NO4/c1-6-31-23-11-7-19(8-12-23)20-15-24(28-21-9-13-22(29-4)14-10-21)26-17(2)32-18(3)27(26)25(16-20)30-5/h7-16H,6H2,1-5H3. The van der Waals surface area contributed by atoms with Crippen molar-refractivity contribution < 1.29 is 18.6 Å². The number of rotatable bonds is 6. The summed E-state index contributed by atoms with van der Waals surface area (Å²) in [6.07, 6.45) is 0. The van der Waals surface area contributed by atoms with Crippen LogP contribution < -0.4 is 19.6 Å². The molecule has 0 N–H and O–H groups in total. The molecule has 0 aliphatic heterocycles. The number of nitrogens with zero attached hydrogens (tertiary/aromatic N) is 1. The van der Waals surface area contributed by atoms with E-state index in [9.17, 15) is 0 Å². The minimum absolute atomic E-state index is 0.634. The lowest BCUT2D eigenvalue weighted by atomic mass is 10.1. The average Bonchev–Trinajstić information content (AvgIpc) is 3.00. The van der Waals surface area contributed by atoms with Crippen molar-refractivity contribution in [3.8, 4) is 28.4 Å². The first-order valence-electron chi connectivity index (χ1n) is 10.6. The number of aryl methyl sites for hydroxylation is 2. The summed E-state index contributed by atoms with van der Waals surface area (Å²) >= 11 is 0. The molecule has 4 rings (SSSR count). The van der Waals surface area contributed by atoms with E-state index in [0.717, 1.165) is 61.7 Å². The van der Waals surface area contributed by atoms with Gasteiger partial charge < -0.3 is 18.6 Å². The van der Waals surface area contributed by atoms with Gasteiger partial charge in [-0.3, -0.25) is 0 Å². The van der Waals surface area contributed by atoms with Crippen LogP contribution in [-0.4, -0.2) is 20.8 Å². The van der Waals surface area contributed by atoms with E-state index in [4.69, 9.17) is 23.6 Å². The lowest BCUT2D eigenvalue weighted by Gasteiger charge is -2.05. The second-order valence-electron chi connectivity index (χ2n) is 7.43. The molecular formula is C27H27NO4. The maximum absolute atomic E-state index is 5.98. The van der Waals surface area contributed by atoms with Gasteiger partial charge in [-0.05, 0) is 80.4 Å². The van der Waals surface area contributed by atoms with Crippen molar-refractivity contribution in [1.82, 2.24) is 0 Å². The topological polar surface area (TPSA) is 53.2 Å². The summed E-state index contributed by atoms with van der Waals surface area (Å²) in [6, 6.07) is 19.8. The number of methoxy groups -OCH3 is 2. The maximum Gasteiger partial charge on any atom is 0.130 e. The van der Waals surface area contributed by atoms with E-state index >= 15 is 0 Å². The van der Waals surface area contributed by atoms with Gasteiger partial charge in [-0.25, -0.2) is 4.99 Å². The van der Waals surface area contributed by atoms with E-state index in [0.29, 0.717) is 6.61 Å². The first kappa shape index (κ1) is 21.5. The molecule has 5 heteroatoms. The smallest absolute Gasteiger partial charge is 0.130 e. The molecule has 0 saturated carbocycles. The van der Waals surface area contributed by atoms with E-state index in [-0.39, 0.29) is 0 Å². The van der Waals surface area contributed by atoms with Crippen molar-refractivity contribution in [1.29, 1.82) is 0 Å². The third-order valence-electron chi connectivity index (χ3n) is 5.38. The normalized spacial score (nSPS) is 11.6. The SMILES string of the molecule is CCOc1ccc(-c2cc(OC)c3c(C)oc(C)c3c(=Nc3ccc(OC)cc3)c2)cc1. The highest BCUT2D eigenvalue weighted by Crippen LogP contribution is 2.34. The molecule has 1 heterocycles. The molecule has 0 aliphatic carbocycles. The quantitative estimate of drug-likeness (QED) is 0.358. The van der Waals surface area contributed by atoms with Crippen LogP contribution in [-0.2, 0) is 0 Å². The molecule has 0 radical (unpaired) electrons. The van der Waals surface area contributed by atoms with Gasteiger partial charge in [0, 0.05) is 0 Å². The lowest BCUT2D eigenvalue weighted by molar-refractivity contribution is 0.340. The number of hydrogen-bond acceptors (Lipinski definition) is 5. The summed E-state index contributed by atoms with van der Waals surface area (Å²) in [5, 5.41) is 2.67. The Bertz CT molecular complexity index is 1300. The molecule has 0 saturated heterocycles. The van der Waals surface area contributed by atoms with Gasteiger partial charge in [0.1, 0.15) is 28.8 Å². The number of hydrogen-bond donors (Lipinski definition) is 0. The van der Waals surface area contributed by atoms with Gasteiger partial charge in [0.15, 0.2) is 0 Å². The van der Waals surface area contributed by atoms with Gasteiger partial charge in [-0.1, -0.05) is 12.1 Å². The summed E-state index contributed by atoms with van der Waals surface area (Å²) in [5.74, 6) is 3.98. The Kier molecular flexibility index (Phi) is 6.17. The fourth-order valence-electron chi connectivity index (χ4n) is 3.89. The van der Waals surface area contributed by atoms with Crippen LogP contribution in [0.15, 0.2) is 70.1 Å². The molecular weight excluding hydrogens is 402 g/mol. The fourth-order valence-corrected chi connectivity index (χ4v) is 3.89. The predicted octanol–water partition coefficient (Wildman–Crippen LogP) is 6.36. The summed E-state index contributed by atoms with van der Waals surface area (Å²) in [5.41, 5.74) is 2.86. The third-order valence-corrected chi connectivity index (χ3v) is 5.38. The van der Waals surface area contributed by atoms with Crippen LogP contribution in [0.5, 0.6) is 17.2 Å². The van der Waals surface area contributed by atoms with E-state index in [1.165, 1.54) is 0 Å². The molecule has 3 aromatic carbocycles. The molecule has 0 spiro atoms. The Labute approximate surface area is 187 Å². The Hall–Kier alpha value is -3.73. The molecule has 5 nitrogen and oxygen atoms in total. The van der Waals surface area contributed by atoms with Crippen molar-refractivity contribution in [2.45, 2.75) is 20.8 Å². The van der Waals surface area contributed by atoms with Crippen LogP contribution in [0.4, 0.5) is 5.69 Å². The van der Waals surface area contributed by atoms with Crippen molar-refractivity contribution in [3.63, 3.8) is 0 Å². The minimum atomic E-state index is 0.634. The highest BCUT2D eigenvalue weighted by Gasteiger charge is 2.15. The Morgan fingerprint density at radius 1 is 0.750 bits per heavy atom. The van der Waals surface area contributed by atoms with Gasteiger partial charge in [-0.2, -0.15) is 0 Å². The van der Waals surface area contributed by atoms with Gasteiger partial charge >= 0.3 is 0 Å². The van der Waals surface area contributed by atoms with E-state index in [2.05, 4.69) is 6.07 Å². The van der Waals surface area contributed by atoms with Gasteiger partial charge in [0.05, 0.1) is 42.6 Å². The number of fused-ring (bicyclic) bond motifs is 1. The molecule has 0 bridgehead atoms. The Morgan fingerprint density at radius 3 is 2.03 bits per heavy atom. The zero-order valence-electron chi connectivity index (χ0n) is 19.1. The first-order chi connectivity index (χ1) is 15.5. The number of ether oxygens (including phenoxy) is 3. The highest BCUT2D eigenvalue weighted by atomic mass is 16.5. The average molecular weight is 430 g/mol. The molecule has 164 valence electrons. The van der Waals surface area contributed by atoms with Crippen LogP contribution in [0.2, 0.25) is 0 Å². The summed E-state index contributed by atoms with van der Waals surface area (Å²) < 4.78 is 22.7. The summed E-state index contributed by atoms with van der Waals surface area (Å²) in [7, 11) is 3.33. The molecule has 0 fully saturated rings. The molecule has 0 amide bonds. The third kappa shape index (κ3) is 4.19. The summed E-state index contributed by atoms with van der Waals surface area (Å²) in [6.45, 7) is 6.52. The maximum atomic E-state index is 5.98. The van der Waals surface area contributed by atoms with Crippen LogP contribution in [0.25, 0.3) is 21.9 Å². The van der Waals surface area contributed by atoms with Crippen molar-refractivity contribution in [2.24, 2.45) is 4.99 Å². The van der Waals surface area contributed by atoms with Crippen molar-refractivity contribution >= 4 is 16.5 Å². The van der Waals surface area contributed by atoms with E-state index < -0.39 is 0 Å². The lowest BCUT2D eigenvalue weighted by Crippen LogP contribution is -2.00. The monoisotopic (exact) mass is 429 g/mol. The summed E-state index contributed by atoms with van der Waals surface area (Å²) in [4.78, 5) is 4.97. The van der Waals surface area contributed by atoms with E-state index in [1.54, 1.807) is 14.2 Å². The fraction of sp³-hybridized carbons (Fsp3) is 0.222. The van der Waals surface area contributed by atoms with E-state index in [1.807, 2.05) is 75.4 Å². The first-order valence-corrected chi connectivity index (χ1v) is 10.6.